The van der Waals surface area contributed by atoms with Crippen LogP contribution in [0.4, 0.5) is 0 Å². The lowest BCUT2D eigenvalue weighted by Gasteiger charge is -2.29. The Hall–Kier alpha value is -4.35. The van der Waals surface area contributed by atoms with E-state index in [9.17, 15) is 9.90 Å². The summed E-state index contributed by atoms with van der Waals surface area (Å²) in [5, 5.41) is 15.3. The lowest BCUT2D eigenvalue weighted by atomic mass is 10.0. The zero-order valence-electron chi connectivity index (χ0n) is 23.9. The Balaban J connectivity index is 1.26. The minimum Gasteiger partial charge on any atom is -0.481 e. The predicted octanol–water partition coefficient (Wildman–Crippen LogP) is 5.31. The molecule has 1 saturated heterocycles. The average molecular weight is 584 g/mol. The van der Waals surface area contributed by atoms with Gasteiger partial charge in [-0.2, -0.15) is 5.10 Å². The molecular weight excluding hydrogens is 550 g/mol. The summed E-state index contributed by atoms with van der Waals surface area (Å²) < 4.78 is 6.98. The van der Waals surface area contributed by atoms with Gasteiger partial charge in [-0.15, -0.1) is 11.3 Å². The number of carbonyl (C=O) groups is 1. The number of benzene rings is 1. The number of aliphatic hydroxyl groups is 1. The van der Waals surface area contributed by atoms with E-state index in [1.807, 2.05) is 56.7 Å². The van der Waals surface area contributed by atoms with Gasteiger partial charge in [0.2, 0.25) is 11.8 Å². The Bertz CT molecular complexity index is 1710. The third-order valence-corrected chi connectivity index (χ3v) is 8.68. The van der Waals surface area contributed by atoms with Crippen molar-refractivity contribution in [3.05, 3.63) is 78.2 Å². The molecular formula is C31H33N7O3S. The van der Waals surface area contributed by atoms with Crippen molar-refractivity contribution >= 4 is 17.2 Å². The van der Waals surface area contributed by atoms with E-state index in [0.717, 1.165) is 38.5 Å². The molecule has 0 spiro atoms. The number of carbonyl (C=O) groups excluding carboxylic acids is 1. The highest BCUT2D eigenvalue weighted by atomic mass is 32.1. The van der Waals surface area contributed by atoms with E-state index in [2.05, 4.69) is 37.2 Å². The van der Waals surface area contributed by atoms with Crippen molar-refractivity contribution in [1.82, 2.24) is 34.6 Å². The molecule has 10 nitrogen and oxygen atoms in total. The Labute approximate surface area is 248 Å². The smallest absolute Gasteiger partial charge is 0.248 e. The summed E-state index contributed by atoms with van der Waals surface area (Å²) in [5.74, 6) is 1.02. The number of aryl methyl sites for hydroxylation is 1. The largest absolute Gasteiger partial charge is 0.481 e. The van der Waals surface area contributed by atoms with Crippen molar-refractivity contribution in [3.63, 3.8) is 0 Å². The Morgan fingerprint density at radius 3 is 2.69 bits per heavy atom. The number of amides is 1. The number of rotatable bonds is 8. The number of aliphatic hydroxyl groups excluding tert-OH is 1. The fraction of sp³-hybridized carbons (Fsp3) is 0.323. The fourth-order valence-corrected chi connectivity index (χ4v) is 6.39. The number of hydrogen-bond donors (Lipinski definition) is 2. The third kappa shape index (κ3) is 5.33. The molecule has 1 aliphatic heterocycles. The number of thiazole rings is 1. The molecule has 5 aromatic rings. The first-order chi connectivity index (χ1) is 20.3. The van der Waals surface area contributed by atoms with Crippen LogP contribution < -0.4 is 4.74 Å². The van der Waals surface area contributed by atoms with E-state index in [1.165, 1.54) is 0 Å². The van der Waals surface area contributed by atoms with Crippen molar-refractivity contribution in [2.75, 3.05) is 13.7 Å². The maximum atomic E-state index is 14.1. The van der Waals surface area contributed by atoms with Gasteiger partial charge in [0, 0.05) is 42.6 Å². The van der Waals surface area contributed by atoms with Crippen LogP contribution in [0.2, 0.25) is 0 Å². The normalized spacial score (nSPS) is 17.6. The molecule has 0 radical (unpaired) electrons. The monoisotopic (exact) mass is 583 g/mol. The van der Waals surface area contributed by atoms with Gasteiger partial charge in [0.05, 0.1) is 53.4 Å². The van der Waals surface area contributed by atoms with Crippen LogP contribution >= 0.6 is 11.3 Å². The fourth-order valence-electron chi connectivity index (χ4n) is 5.59. The van der Waals surface area contributed by atoms with E-state index in [4.69, 9.17) is 4.74 Å². The molecule has 0 aliphatic carbocycles. The first kappa shape index (κ1) is 27.8. The van der Waals surface area contributed by atoms with Crippen LogP contribution in [0.3, 0.4) is 0 Å². The van der Waals surface area contributed by atoms with Gasteiger partial charge in [0.25, 0.3) is 0 Å². The van der Waals surface area contributed by atoms with Crippen LogP contribution in [-0.2, 0) is 4.79 Å². The van der Waals surface area contributed by atoms with Gasteiger partial charge in [0.1, 0.15) is 11.9 Å². The molecule has 216 valence electrons. The van der Waals surface area contributed by atoms with Crippen molar-refractivity contribution in [3.8, 4) is 38.7 Å². The molecule has 6 rings (SSSR count). The second-order valence-electron chi connectivity index (χ2n) is 10.9. The molecule has 42 heavy (non-hydrogen) atoms. The quantitative estimate of drug-likeness (QED) is 0.254. The summed E-state index contributed by atoms with van der Waals surface area (Å²) in [6.45, 7) is 6.25. The lowest BCUT2D eigenvalue weighted by molar-refractivity contribution is -0.137. The Morgan fingerprint density at radius 1 is 1.10 bits per heavy atom. The molecule has 0 saturated carbocycles. The van der Waals surface area contributed by atoms with Gasteiger partial charge in [-0.25, -0.2) is 15.0 Å². The van der Waals surface area contributed by atoms with Crippen LogP contribution in [0.5, 0.6) is 5.88 Å². The van der Waals surface area contributed by atoms with Gasteiger partial charge in [-0.3, -0.25) is 9.48 Å². The SMILES string of the molecule is COc1cc(-c2cnn(C(C(=O)N3C[C@H](O)C[C@H]3c3ncc(-c4cccc(-c5scnc5C)c4)[nH]3)C(C)C)c2)ccn1. The minimum atomic E-state index is -0.643. The molecule has 1 fully saturated rings. The summed E-state index contributed by atoms with van der Waals surface area (Å²) in [6.07, 6.45) is 6.86. The molecule has 1 aliphatic rings. The standard InChI is InChI=1S/C31H33N7O3S/c1-18(2)28(38-15-23(13-35-38)20-8-9-32-27(11-20)41-4)31(40)37-16-24(39)12-26(37)30-33-14-25(36-30)21-6-5-7-22(10-21)29-19(3)34-17-42-29/h5-11,13-15,17-18,24,26,28,39H,12,16H2,1-4H3,(H,33,36)/t24-,26+,28?/m1/s1. The number of H-pyrrole nitrogens is 1. The van der Waals surface area contributed by atoms with Crippen molar-refractivity contribution < 1.29 is 14.6 Å². The highest BCUT2D eigenvalue weighted by Gasteiger charge is 2.41. The van der Waals surface area contributed by atoms with Gasteiger partial charge in [-0.1, -0.05) is 32.0 Å². The maximum absolute atomic E-state index is 14.1. The minimum absolute atomic E-state index is 0.0410. The number of aromatic amines is 1. The first-order valence-electron chi connectivity index (χ1n) is 13.9. The summed E-state index contributed by atoms with van der Waals surface area (Å²) in [6, 6.07) is 11.0. The van der Waals surface area contributed by atoms with E-state index in [1.54, 1.807) is 46.6 Å². The zero-order valence-corrected chi connectivity index (χ0v) is 24.7. The van der Waals surface area contributed by atoms with Gasteiger partial charge in [0.15, 0.2) is 0 Å². The van der Waals surface area contributed by atoms with Gasteiger partial charge >= 0.3 is 0 Å². The van der Waals surface area contributed by atoms with E-state index in [-0.39, 0.29) is 24.4 Å². The van der Waals surface area contributed by atoms with Crippen LogP contribution in [-0.4, -0.2) is 65.4 Å². The lowest BCUT2D eigenvalue weighted by Crippen LogP contribution is -2.40. The number of nitrogens with zero attached hydrogens (tertiary/aromatic N) is 6. The third-order valence-electron chi connectivity index (χ3n) is 7.70. The number of nitrogens with one attached hydrogen (secondary N) is 1. The van der Waals surface area contributed by atoms with Crippen LogP contribution in [0.15, 0.2) is 66.7 Å². The number of likely N-dealkylation sites (tertiary alicyclic amines) is 1. The highest BCUT2D eigenvalue weighted by Crippen LogP contribution is 2.36. The summed E-state index contributed by atoms with van der Waals surface area (Å²) in [4.78, 5) is 33.7. The van der Waals surface area contributed by atoms with Gasteiger partial charge in [-0.05, 0) is 36.1 Å². The number of β-amino-alcohol motifs (C(OH)–C–C–N with tert-alkyl or cyclic N) is 1. The molecule has 1 aromatic carbocycles. The molecule has 3 atom stereocenters. The molecule has 0 bridgehead atoms. The Morgan fingerprint density at radius 2 is 1.93 bits per heavy atom. The van der Waals surface area contributed by atoms with E-state index in [0.29, 0.717) is 18.1 Å². The first-order valence-corrected chi connectivity index (χ1v) is 14.8. The summed E-state index contributed by atoms with van der Waals surface area (Å²) >= 11 is 1.62. The molecule has 1 amide bonds. The number of ether oxygens (including phenoxy) is 1. The number of pyridine rings is 1. The Kier molecular flexibility index (Phi) is 7.61. The summed E-state index contributed by atoms with van der Waals surface area (Å²) in [7, 11) is 1.58. The van der Waals surface area contributed by atoms with E-state index < -0.39 is 12.1 Å². The summed E-state index contributed by atoms with van der Waals surface area (Å²) in [5.41, 5.74) is 7.56. The number of aromatic nitrogens is 6. The maximum Gasteiger partial charge on any atom is 0.248 e. The van der Waals surface area contributed by atoms with Crippen molar-refractivity contribution in [1.29, 1.82) is 0 Å². The van der Waals surface area contributed by atoms with Crippen LogP contribution in [0, 0.1) is 12.8 Å². The second-order valence-corrected chi connectivity index (χ2v) is 11.8. The molecule has 2 N–H and O–H groups in total. The highest BCUT2D eigenvalue weighted by molar-refractivity contribution is 7.13. The number of methoxy groups -OCH3 is 1. The second kappa shape index (κ2) is 11.5. The molecule has 1 unspecified atom stereocenters. The van der Waals surface area contributed by atoms with Crippen LogP contribution in [0.25, 0.3) is 32.8 Å². The predicted molar refractivity (Wildman–Crippen MR) is 161 cm³/mol. The van der Waals surface area contributed by atoms with Crippen LogP contribution in [0.1, 0.15) is 43.9 Å². The molecule has 5 heterocycles. The zero-order chi connectivity index (χ0) is 29.4. The van der Waals surface area contributed by atoms with Crippen molar-refractivity contribution in [2.45, 2.75) is 45.4 Å². The molecule has 4 aromatic heterocycles. The topological polar surface area (TPSA) is 122 Å². The average Bonchev–Trinajstić information content (AvgIpc) is 3.80. The number of imidazole rings is 1. The van der Waals surface area contributed by atoms with E-state index >= 15 is 0 Å². The number of hydrogen-bond acceptors (Lipinski definition) is 8. The van der Waals surface area contributed by atoms with Crippen molar-refractivity contribution in [2.24, 2.45) is 5.92 Å². The van der Waals surface area contributed by atoms with Gasteiger partial charge < -0.3 is 19.7 Å². The molecule has 11 heteroatoms.